The molecule has 1 saturated heterocycles. The van der Waals surface area contributed by atoms with E-state index in [9.17, 15) is 13.2 Å². The predicted octanol–water partition coefficient (Wildman–Crippen LogP) is 3.07. The van der Waals surface area contributed by atoms with E-state index in [2.05, 4.69) is 5.32 Å². The number of sulfonamides is 1. The van der Waals surface area contributed by atoms with Crippen molar-refractivity contribution in [2.75, 3.05) is 20.2 Å². The predicted molar refractivity (Wildman–Crippen MR) is 108 cm³/mol. The highest BCUT2D eigenvalue weighted by molar-refractivity contribution is 7.89. The van der Waals surface area contributed by atoms with E-state index in [1.54, 1.807) is 19.2 Å². The van der Waals surface area contributed by atoms with Gasteiger partial charge in [-0.05, 0) is 54.8 Å². The minimum atomic E-state index is -3.64. The smallest absolute Gasteiger partial charge is 0.243 e. The number of amides is 1. The fourth-order valence-corrected chi connectivity index (χ4v) is 4.90. The summed E-state index contributed by atoms with van der Waals surface area (Å²) >= 11 is 5.85. The SMILES string of the molecule is COc1cccc(CNC(=O)C2CCCN(S(=O)(=O)c3ccc(Cl)cc3)C2)c1. The highest BCUT2D eigenvalue weighted by Crippen LogP contribution is 2.25. The fourth-order valence-electron chi connectivity index (χ4n) is 3.25. The number of halogens is 1. The Bertz CT molecular complexity index is 931. The number of rotatable bonds is 6. The molecular weight excluding hydrogens is 400 g/mol. The second kappa shape index (κ2) is 8.94. The lowest BCUT2D eigenvalue weighted by Gasteiger charge is -2.31. The molecule has 1 fully saturated rings. The number of piperidine rings is 1. The summed E-state index contributed by atoms with van der Waals surface area (Å²) in [5, 5.41) is 3.38. The molecule has 1 amide bonds. The van der Waals surface area contributed by atoms with Gasteiger partial charge in [0.25, 0.3) is 0 Å². The maximum absolute atomic E-state index is 12.9. The van der Waals surface area contributed by atoms with Crippen molar-refractivity contribution in [1.82, 2.24) is 9.62 Å². The van der Waals surface area contributed by atoms with Crippen LogP contribution in [0.4, 0.5) is 0 Å². The van der Waals surface area contributed by atoms with Crippen molar-refractivity contribution in [1.29, 1.82) is 0 Å². The second-order valence-electron chi connectivity index (χ2n) is 6.73. The summed E-state index contributed by atoms with van der Waals surface area (Å²) in [6, 6.07) is 13.6. The van der Waals surface area contributed by atoms with Crippen molar-refractivity contribution >= 4 is 27.5 Å². The Morgan fingerprint density at radius 2 is 2.00 bits per heavy atom. The molecule has 1 aliphatic heterocycles. The van der Waals surface area contributed by atoms with Crippen LogP contribution in [-0.4, -0.2) is 38.8 Å². The van der Waals surface area contributed by atoms with E-state index in [1.807, 2.05) is 24.3 Å². The van der Waals surface area contributed by atoms with Gasteiger partial charge in [-0.1, -0.05) is 23.7 Å². The summed E-state index contributed by atoms with van der Waals surface area (Å²) in [6.07, 6.45) is 1.31. The summed E-state index contributed by atoms with van der Waals surface area (Å²) in [5.74, 6) is 0.213. The van der Waals surface area contributed by atoms with Gasteiger partial charge in [0.1, 0.15) is 5.75 Å². The molecule has 1 aliphatic rings. The molecule has 3 rings (SSSR count). The lowest BCUT2D eigenvalue weighted by Crippen LogP contribution is -2.45. The number of hydrogen-bond acceptors (Lipinski definition) is 4. The fraction of sp³-hybridized carbons (Fsp3) is 0.350. The molecule has 2 aromatic rings. The Morgan fingerprint density at radius 1 is 1.25 bits per heavy atom. The van der Waals surface area contributed by atoms with Gasteiger partial charge in [0, 0.05) is 24.7 Å². The zero-order chi connectivity index (χ0) is 20.1. The van der Waals surface area contributed by atoms with E-state index < -0.39 is 10.0 Å². The van der Waals surface area contributed by atoms with Gasteiger partial charge in [-0.15, -0.1) is 0 Å². The summed E-state index contributed by atoms with van der Waals surface area (Å²) in [4.78, 5) is 12.8. The van der Waals surface area contributed by atoms with Crippen LogP contribution < -0.4 is 10.1 Å². The first kappa shape index (κ1) is 20.6. The summed E-state index contributed by atoms with van der Waals surface area (Å²) in [5.41, 5.74) is 0.925. The van der Waals surface area contributed by atoms with Crippen molar-refractivity contribution in [2.45, 2.75) is 24.3 Å². The van der Waals surface area contributed by atoms with Gasteiger partial charge in [-0.3, -0.25) is 4.79 Å². The maximum Gasteiger partial charge on any atom is 0.243 e. The Labute approximate surface area is 170 Å². The molecule has 28 heavy (non-hydrogen) atoms. The van der Waals surface area contributed by atoms with Crippen molar-refractivity contribution in [2.24, 2.45) is 5.92 Å². The molecule has 0 bridgehead atoms. The van der Waals surface area contributed by atoms with E-state index >= 15 is 0 Å². The van der Waals surface area contributed by atoms with Gasteiger partial charge in [-0.25, -0.2) is 8.42 Å². The first-order chi connectivity index (χ1) is 13.4. The number of benzene rings is 2. The highest BCUT2D eigenvalue weighted by atomic mass is 35.5. The molecule has 150 valence electrons. The first-order valence-corrected chi connectivity index (χ1v) is 10.9. The Balaban J connectivity index is 1.63. The van der Waals surface area contributed by atoms with E-state index in [4.69, 9.17) is 16.3 Å². The molecule has 2 aromatic carbocycles. The van der Waals surface area contributed by atoms with Crippen LogP contribution in [-0.2, 0) is 21.4 Å². The number of hydrogen-bond donors (Lipinski definition) is 1. The Hall–Kier alpha value is -2.09. The van der Waals surface area contributed by atoms with Gasteiger partial charge in [-0.2, -0.15) is 4.31 Å². The molecule has 0 radical (unpaired) electrons. The molecule has 1 atom stereocenters. The molecular formula is C20H23ClN2O4S. The third-order valence-corrected chi connectivity index (χ3v) is 6.94. The van der Waals surface area contributed by atoms with Crippen LogP contribution in [0.1, 0.15) is 18.4 Å². The lowest BCUT2D eigenvalue weighted by molar-refractivity contribution is -0.126. The van der Waals surface area contributed by atoms with Crippen LogP contribution in [0.25, 0.3) is 0 Å². The molecule has 1 unspecified atom stereocenters. The summed E-state index contributed by atoms with van der Waals surface area (Å²) in [7, 11) is -2.05. The normalized spacial score (nSPS) is 17.9. The maximum atomic E-state index is 12.9. The number of ether oxygens (including phenoxy) is 1. The zero-order valence-electron chi connectivity index (χ0n) is 15.6. The zero-order valence-corrected chi connectivity index (χ0v) is 17.2. The molecule has 0 aliphatic carbocycles. The molecule has 8 heteroatoms. The minimum Gasteiger partial charge on any atom is -0.497 e. The number of nitrogens with zero attached hydrogens (tertiary/aromatic N) is 1. The van der Waals surface area contributed by atoms with Gasteiger partial charge in [0.2, 0.25) is 15.9 Å². The van der Waals surface area contributed by atoms with Crippen molar-refractivity contribution in [3.63, 3.8) is 0 Å². The number of carbonyl (C=O) groups excluding carboxylic acids is 1. The number of carbonyl (C=O) groups is 1. The van der Waals surface area contributed by atoms with Gasteiger partial charge < -0.3 is 10.1 Å². The van der Waals surface area contributed by atoms with Crippen LogP contribution in [0, 0.1) is 5.92 Å². The molecule has 0 spiro atoms. The molecule has 0 aromatic heterocycles. The third kappa shape index (κ3) is 4.84. The van der Waals surface area contributed by atoms with Crippen LogP contribution in [0.3, 0.4) is 0 Å². The standard InChI is InChI=1S/C20H23ClN2O4S/c1-27-18-6-2-4-15(12-18)13-22-20(24)16-5-3-11-23(14-16)28(25,26)19-9-7-17(21)8-10-19/h2,4,6-10,12,16H,3,5,11,13-14H2,1H3,(H,22,24). The van der Waals surface area contributed by atoms with Gasteiger partial charge in [0.15, 0.2) is 0 Å². The van der Waals surface area contributed by atoms with Gasteiger partial charge in [0.05, 0.1) is 17.9 Å². The van der Waals surface area contributed by atoms with Crippen LogP contribution in [0.15, 0.2) is 53.4 Å². The summed E-state index contributed by atoms with van der Waals surface area (Å²) in [6.45, 7) is 0.954. The minimum absolute atomic E-state index is 0.140. The lowest BCUT2D eigenvalue weighted by atomic mass is 9.99. The molecule has 0 saturated carbocycles. The molecule has 1 heterocycles. The Morgan fingerprint density at radius 3 is 2.71 bits per heavy atom. The van der Waals surface area contributed by atoms with Crippen molar-refractivity contribution in [3.8, 4) is 5.75 Å². The van der Waals surface area contributed by atoms with E-state index in [0.29, 0.717) is 31.0 Å². The van der Waals surface area contributed by atoms with Crippen LogP contribution >= 0.6 is 11.6 Å². The average molecular weight is 423 g/mol. The quantitative estimate of drug-likeness (QED) is 0.776. The molecule has 6 nitrogen and oxygen atoms in total. The van der Waals surface area contributed by atoms with E-state index in [-0.39, 0.29) is 23.3 Å². The molecule has 1 N–H and O–H groups in total. The third-order valence-electron chi connectivity index (χ3n) is 4.81. The van der Waals surface area contributed by atoms with Crippen LogP contribution in [0.2, 0.25) is 5.02 Å². The topological polar surface area (TPSA) is 75.7 Å². The summed E-state index contributed by atoms with van der Waals surface area (Å²) < 4.78 is 32.3. The number of methoxy groups -OCH3 is 1. The number of nitrogens with one attached hydrogen (secondary N) is 1. The second-order valence-corrected chi connectivity index (χ2v) is 9.10. The van der Waals surface area contributed by atoms with E-state index in [1.165, 1.54) is 16.4 Å². The van der Waals surface area contributed by atoms with Crippen molar-refractivity contribution in [3.05, 3.63) is 59.1 Å². The first-order valence-electron chi connectivity index (χ1n) is 9.06. The van der Waals surface area contributed by atoms with E-state index in [0.717, 1.165) is 11.3 Å². The van der Waals surface area contributed by atoms with Crippen LogP contribution in [0.5, 0.6) is 5.75 Å². The Kier molecular flexibility index (Phi) is 6.59. The average Bonchev–Trinajstić information content (AvgIpc) is 2.72. The largest absolute Gasteiger partial charge is 0.497 e. The highest BCUT2D eigenvalue weighted by Gasteiger charge is 2.33. The monoisotopic (exact) mass is 422 g/mol. The van der Waals surface area contributed by atoms with Gasteiger partial charge >= 0.3 is 0 Å². The van der Waals surface area contributed by atoms with Crippen molar-refractivity contribution < 1.29 is 17.9 Å².